The molecule has 3 aliphatic heterocycles. The van der Waals surface area contributed by atoms with Crippen molar-refractivity contribution in [2.45, 2.75) is 50.9 Å². The lowest BCUT2D eigenvalue weighted by atomic mass is 10.1. The number of nitrogens with one attached hydrogen (secondary N) is 1. The lowest BCUT2D eigenvalue weighted by Gasteiger charge is -2.37. The molecule has 3 aliphatic rings. The van der Waals surface area contributed by atoms with Crippen LogP contribution in [0.3, 0.4) is 0 Å². The molecule has 6 nitrogen and oxygen atoms in total. The Kier molecular flexibility index (Phi) is 5.92. The van der Waals surface area contributed by atoms with Gasteiger partial charge in [-0.25, -0.2) is 0 Å². The summed E-state index contributed by atoms with van der Waals surface area (Å²) in [5.41, 5.74) is 0. The first kappa shape index (κ1) is 16.0. The van der Waals surface area contributed by atoms with E-state index in [9.17, 15) is 0 Å². The van der Waals surface area contributed by atoms with E-state index in [0.29, 0.717) is 6.10 Å². The second-order valence-corrected chi connectivity index (χ2v) is 6.24. The van der Waals surface area contributed by atoms with Gasteiger partial charge in [0, 0.05) is 32.8 Å². The number of nitrogens with zero attached hydrogens (tertiary/aromatic N) is 2. The SMILES string of the molecule is CCNC(=NCC1CCCO1)N1CCOC(C2CCCO2)C1. The van der Waals surface area contributed by atoms with Crippen LogP contribution in [0, 0.1) is 0 Å². The molecule has 0 aromatic heterocycles. The van der Waals surface area contributed by atoms with Crippen LogP contribution >= 0.6 is 0 Å². The highest BCUT2D eigenvalue weighted by atomic mass is 16.5. The summed E-state index contributed by atoms with van der Waals surface area (Å²) in [6, 6.07) is 0. The van der Waals surface area contributed by atoms with Crippen molar-refractivity contribution in [3.63, 3.8) is 0 Å². The molecule has 3 heterocycles. The van der Waals surface area contributed by atoms with E-state index in [1.54, 1.807) is 0 Å². The number of guanidine groups is 1. The van der Waals surface area contributed by atoms with Gasteiger partial charge in [-0.1, -0.05) is 0 Å². The fraction of sp³-hybridized carbons (Fsp3) is 0.938. The molecule has 22 heavy (non-hydrogen) atoms. The summed E-state index contributed by atoms with van der Waals surface area (Å²) in [7, 11) is 0. The zero-order valence-electron chi connectivity index (χ0n) is 13.6. The van der Waals surface area contributed by atoms with Crippen LogP contribution in [0.2, 0.25) is 0 Å². The molecule has 3 atom stereocenters. The highest BCUT2D eigenvalue weighted by molar-refractivity contribution is 5.80. The standard InChI is InChI=1S/C16H29N3O3/c1-2-17-16(18-11-13-5-3-8-20-13)19-7-10-22-15(12-19)14-6-4-9-21-14/h13-15H,2-12H2,1H3,(H,17,18). The first-order valence-electron chi connectivity index (χ1n) is 8.75. The lowest BCUT2D eigenvalue weighted by molar-refractivity contribution is -0.0817. The molecular weight excluding hydrogens is 282 g/mol. The molecule has 126 valence electrons. The maximum atomic E-state index is 5.92. The van der Waals surface area contributed by atoms with Gasteiger partial charge in [-0.2, -0.15) is 0 Å². The van der Waals surface area contributed by atoms with E-state index in [-0.39, 0.29) is 12.2 Å². The summed E-state index contributed by atoms with van der Waals surface area (Å²) in [6.07, 6.45) is 5.27. The summed E-state index contributed by atoms with van der Waals surface area (Å²) in [5, 5.41) is 3.41. The van der Waals surface area contributed by atoms with Gasteiger partial charge in [-0.3, -0.25) is 4.99 Å². The summed E-state index contributed by atoms with van der Waals surface area (Å²) in [5.74, 6) is 0.990. The van der Waals surface area contributed by atoms with E-state index >= 15 is 0 Å². The number of aliphatic imine (C=N–C) groups is 1. The second-order valence-electron chi connectivity index (χ2n) is 6.24. The quantitative estimate of drug-likeness (QED) is 0.620. The first-order valence-corrected chi connectivity index (χ1v) is 8.75. The molecule has 0 aromatic rings. The predicted octanol–water partition coefficient (Wildman–Crippen LogP) is 1.01. The molecular formula is C16H29N3O3. The monoisotopic (exact) mass is 311 g/mol. The molecule has 3 saturated heterocycles. The Morgan fingerprint density at radius 2 is 1.91 bits per heavy atom. The highest BCUT2D eigenvalue weighted by Crippen LogP contribution is 2.21. The average molecular weight is 311 g/mol. The summed E-state index contributed by atoms with van der Waals surface area (Å²) in [4.78, 5) is 7.10. The molecule has 3 unspecified atom stereocenters. The van der Waals surface area contributed by atoms with E-state index in [1.165, 1.54) is 0 Å². The van der Waals surface area contributed by atoms with Gasteiger partial charge in [0.25, 0.3) is 0 Å². The topological polar surface area (TPSA) is 55.3 Å². The number of hydrogen-bond donors (Lipinski definition) is 1. The number of hydrogen-bond acceptors (Lipinski definition) is 4. The van der Waals surface area contributed by atoms with Gasteiger partial charge in [0.1, 0.15) is 6.10 Å². The summed E-state index contributed by atoms with van der Waals surface area (Å²) >= 11 is 0. The molecule has 0 aliphatic carbocycles. The summed E-state index contributed by atoms with van der Waals surface area (Å²) < 4.78 is 17.4. The van der Waals surface area contributed by atoms with Gasteiger partial charge in [-0.05, 0) is 32.6 Å². The Hall–Kier alpha value is -0.850. The minimum atomic E-state index is 0.169. The van der Waals surface area contributed by atoms with Crippen molar-refractivity contribution in [1.29, 1.82) is 0 Å². The molecule has 0 bridgehead atoms. The molecule has 0 amide bonds. The Labute approximate surface area is 133 Å². The lowest BCUT2D eigenvalue weighted by Crippen LogP contribution is -2.53. The molecule has 1 N–H and O–H groups in total. The van der Waals surface area contributed by atoms with Crippen molar-refractivity contribution in [3.05, 3.63) is 0 Å². The van der Waals surface area contributed by atoms with Gasteiger partial charge >= 0.3 is 0 Å². The maximum absolute atomic E-state index is 5.92. The molecule has 0 spiro atoms. The summed E-state index contributed by atoms with van der Waals surface area (Å²) in [6.45, 7) is 8.00. The van der Waals surface area contributed by atoms with Crippen LogP contribution in [-0.4, -0.2) is 75.2 Å². The van der Waals surface area contributed by atoms with Gasteiger partial charge in [0.15, 0.2) is 5.96 Å². The Morgan fingerprint density at radius 3 is 2.64 bits per heavy atom. The smallest absolute Gasteiger partial charge is 0.194 e. The van der Waals surface area contributed by atoms with Crippen LogP contribution in [0.4, 0.5) is 0 Å². The van der Waals surface area contributed by atoms with Crippen LogP contribution in [-0.2, 0) is 14.2 Å². The van der Waals surface area contributed by atoms with Crippen LogP contribution in [0.25, 0.3) is 0 Å². The molecule has 3 fully saturated rings. The van der Waals surface area contributed by atoms with Crippen molar-refractivity contribution in [2.24, 2.45) is 4.99 Å². The number of morpholine rings is 1. The minimum absolute atomic E-state index is 0.169. The van der Waals surface area contributed by atoms with Gasteiger partial charge in [0.2, 0.25) is 0 Å². The largest absolute Gasteiger partial charge is 0.376 e. The van der Waals surface area contributed by atoms with Crippen LogP contribution in [0.1, 0.15) is 32.6 Å². The van der Waals surface area contributed by atoms with Crippen molar-refractivity contribution >= 4 is 5.96 Å². The van der Waals surface area contributed by atoms with Gasteiger partial charge < -0.3 is 24.4 Å². The number of rotatable bonds is 4. The van der Waals surface area contributed by atoms with Crippen molar-refractivity contribution in [2.75, 3.05) is 46.0 Å². The van der Waals surface area contributed by atoms with E-state index in [4.69, 9.17) is 19.2 Å². The Bertz CT molecular complexity index is 366. The molecule has 0 radical (unpaired) electrons. The molecule has 0 aromatic carbocycles. The zero-order valence-corrected chi connectivity index (χ0v) is 13.6. The molecule has 3 rings (SSSR count). The van der Waals surface area contributed by atoms with Crippen molar-refractivity contribution in [1.82, 2.24) is 10.2 Å². The number of ether oxygens (including phenoxy) is 3. The third kappa shape index (κ3) is 4.12. The highest BCUT2D eigenvalue weighted by Gasteiger charge is 2.32. The second kappa shape index (κ2) is 8.13. The first-order chi connectivity index (χ1) is 10.9. The fourth-order valence-electron chi connectivity index (χ4n) is 3.39. The third-order valence-corrected chi connectivity index (χ3v) is 4.58. The van der Waals surface area contributed by atoms with Gasteiger partial charge in [0.05, 0.1) is 25.4 Å². The van der Waals surface area contributed by atoms with Crippen LogP contribution in [0.15, 0.2) is 4.99 Å². The van der Waals surface area contributed by atoms with Crippen molar-refractivity contribution in [3.8, 4) is 0 Å². The van der Waals surface area contributed by atoms with Crippen LogP contribution < -0.4 is 5.32 Å². The van der Waals surface area contributed by atoms with Crippen LogP contribution in [0.5, 0.6) is 0 Å². The van der Waals surface area contributed by atoms with E-state index in [1.807, 2.05) is 0 Å². The van der Waals surface area contributed by atoms with E-state index < -0.39 is 0 Å². The Balaban J connectivity index is 1.58. The normalized spacial score (nSPS) is 33.4. The third-order valence-electron chi connectivity index (χ3n) is 4.58. The van der Waals surface area contributed by atoms with E-state index in [2.05, 4.69) is 17.1 Å². The maximum Gasteiger partial charge on any atom is 0.194 e. The van der Waals surface area contributed by atoms with E-state index in [0.717, 1.165) is 77.6 Å². The minimum Gasteiger partial charge on any atom is -0.376 e. The predicted molar refractivity (Wildman–Crippen MR) is 85.2 cm³/mol. The average Bonchev–Trinajstić information content (AvgIpc) is 3.24. The van der Waals surface area contributed by atoms with Crippen molar-refractivity contribution < 1.29 is 14.2 Å². The zero-order chi connectivity index (χ0) is 15.2. The van der Waals surface area contributed by atoms with Gasteiger partial charge in [-0.15, -0.1) is 0 Å². The Morgan fingerprint density at radius 1 is 1.09 bits per heavy atom. The molecule has 0 saturated carbocycles. The fourth-order valence-corrected chi connectivity index (χ4v) is 3.39. The molecule has 6 heteroatoms.